The minimum absolute atomic E-state index is 0.186. The lowest BCUT2D eigenvalue weighted by molar-refractivity contribution is -0.118. The van der Waals surface area contributed by atoms with Gasteiger partial charge in [0, 0.05) is 13.1 Å². The molecule has 0 bridgehead atoms. The van der Waals surface area contributed by atoms with Crippen LogP contribution in [0.15, 0.2) is 66.7 Å². The number of nitrogens with zero attached hydrogens (tertiary/aromatic N) is 2. The van der Waals surface area contributed by atoms with Gasteiger partial charge in [0.2, 0.25) is 5.91 Å². The van der Waals surface area contributed by atoms with E-state index in [-0.39, 0.29) is 28.8 Å². The first kappa shape index (κ1) is 21.8. The third-order valence-electron chi connectivity index (χ3n) is 5.50. The number of aromatic nitrogens is 2. The fraction of sp³-hybridized carbons (Fsp3) is 0.160. The van der Waals surface area contributed by atoms with Crippen molar-refractivity contribution in [2.45, 2.75) is 18.3 Å². The zero-order valence-corrected chi connectivity index (χ0v) is 19.0. The van der Waals surface area contributed by atoms with E-state index in [1.54, 1.807) is 24.3 Å². The van der Waals surface area contributed by atoms with E-state index < -0.39 is 0 Å². The fourth-order valence-electron chi connectivity index (χ4n) is 3.67. The highest BCUT2D eigenvalue weighted by Gasteiger charge is 2.31. The Morgan fingerprint density at radius 1 is 1.00 bits per heavy atom. The lowest BCUT2D eigenvalue weighted by atomic mass is 10.1. The van der Waals surface area contributed by atoms with Gasteiger partial charge in [-0.2, -0.15) is 0 Å². The first-order valence-corrected chi connectivity index (χ1v) is 11.5. The highest BCUT2D eigenvalue weighted by atomic mass is 32.2. The van der Waals surface area contributed by atoms with Crippen LogP contribution < -0.4 is 14.8 Å². The number of hydrogen-bond acceptors (Lipinski definition) is 7. The minimum atomic E-state index is -0.387. The van der Waals surface area contributed by atoms with Crippen LogP contribution in [0.5, 0.6) is 23.0 Å². The van der Waals surface area contributed by atoms with Crippen molar-refractivity contribution in [2.75, 3.05) is 0 Å². The van der Waals surface area contributed by atoms with E-state index in [0.29, 0.717) is 23.7 Å². The number of aromatic hydroxyl groups is 1. The second kappa shape index (κ2) is 9.11. The first-order valence-electron chi connectivity index (χ1n) is 10.6. The maximum Gasteiger partial charge on any atom is 0.286 e. The normalized spacial score (nSPS) is 15.5. The molecule has 1 aliphatic rings. The van der Waals surface area contributed by atoms with Gasteiger partial charge in [-0.1, -0.05) is 23.9 Å². The summed E-state index contributed by atoms with van der Waals surface area (Å²) in [5.74, 6) is 2.69. The number of carbonyl (C=O) groups excluding carboxylic acids is 2. The van der Waals surface area contributed by atoms with Gasteiger partial charge < -0.3 is 19.1 Å². The summed E-state index contributed by atoms with van der Waals surface area (Å²) in [6.07, 6.45) is 0.488. The summed E-state index contributed by atoms with van der Waals surface area (Å²) >= 11 is 1.02. The van der Waals surface area contributed by atoms with Gasteiger partial charge in [-0.15, -0.1) is 0 Å². The van der Waals surface area contributed by atoms with Crippen LogP contribution >= 0.6 is 11.8 Å². The standard InChI is InChI=1S/C25H21N3O5S/c1-28-21-13-19(33-18-8-4-16(29)5-9-18)10-11-20(21)26-23(28)14-32-17-6-2-15(3-7-17)12-22-24(30)27-25(31)34-22/h2-11,13,22,29H,12,14H2,1H3,(H,27,30,31). The van der Waals surface area contributed by atoms with E-state index in [1.165, 1.54) is 0 Å². The van der Waals surface area contributed by atoms with Crippen molar-refractivity contribution in [3.05, 3.63) is 78.1 Å². The van der Waals surface area contributed by atoms with E-state index in [1.807, 2.05) is 54.1 Å². The van der Waals surface area contributed by atoms with E-state index in [4.69, 9.17) is 9.47 Å². The number of aryl methyl sites for hydroxylation is 1. The smallest absolute Gasteiger partial charge is 0.286 e. The van der Waals surface area contributed by atoms with Gasteiger partial charge in [0.25, 0.3) is 5.24 Å². The average molecular weight is 476 g/mol. The number of imidazole rings is 1. The molecule has 0 saturated carbocycles. The average Bonchev–Trinajstić information content (AvgIpc) is 3.32. The van der Waals surface area contributed by atoms with Gasteiger partial charge in [-0.3, -0.25) is 14.9 Å². The Morgan fingerprint density at radius 2 is 1.71 bits per heavy atom. The number of hydrogen-bond donors (Lipinski definition) is 2. The molecule has 1 fully saturated rings. The number of fused-ring (bicyclic) bond motifs is 1. The second-order valence-electron chi connectivity index (χ2n) is 7.85. The van der Waals surface area contributed by atoms with E-state index in [2.05, 4.69) is 10.3 Å². The summed E-state index contributed by atoms with van der Waals surface area (Å²) in [4.78, 5) is 27.7. The van der Waals surface area contributed by atoms with Gasteiger partial charge in [-0.25, -0.2) is 4.98 Å². The molecule has 2 heterocycles. The molecule has 1 unspecified atom stereocenters. The van der Waals surface area contributed by atoms with E-state index >= 15 is 0 Å². The largest absolute Gasteiger partial charge is 0.508 e. The van der Waals surface area contributed by atoms with Crippen LogP contribution in [0.4, 0.5) is 4.79 Å². The van der Waals surface area contributed by atoms with Crippen LogP contribution in [-0.4, -0.2) is 31.1 Å². The number of imide groups is 1. The maximum absolute atomic E-state index is 11.7. The number of thioether (sulfide) groups is 1. The fourth-order valence-corrected chi connectivity index (χ4v) is 4.53. The Morgan fingerprint density at radius 3 is 2.41 bits per heavy atom. The molecule has 0 radical (unpaired) electrons. The second-order valence-corrected chi connectivity index (χ2v) is 9.03. The summed E-state index contributed by atoms with van der Waals surface area (Å²) in [6.45, 7) is 0.286. The molecule has 1 aliphatic heterocycles. The predicted molar refractivity (Wildman–Crippen MR) is 128 cm³/mol. The maximum atomic E-state index is 11.7. The minimum Gasteiger partial charge on any atom is -0.508 e. The number of ether oxygens (including phenoxy) is 2. The van der Waals surface area contributed by atoms with Gasteiger partial charge in [-0.05, 0) is 60.5 Å². The topological polar surface area (TPSA) is 103 Å². The molecule has 34 heavy (non-hydrogen) atoms. The number of phenolic OH excluding ortho intramolecular Hbond substituents is 1. The van der Waals surface area contributed by atoms with Gasteiger partial charge >= 0.3 is 0 Å². The Kier molecular flexibility index (Phi) is 5.85. The van der Waals surface area contributed by atoms with Crippen LogP contribution in [0.1, 0.15) is 11.4 Å². The predicted octanol–water partition coefficient (Wildman–Crippen LogP) is 4.54. The van der Waals surface area contributed by atoms with Gasteiger partial charge in [0.05, 0.1) is 16.3 Å². The molecule has 0 spiro atoms. The highest BCUT2D eigenvalue weighted by Crippen LogP contribution is 2.28. The molecule has 2 amide bonds. The Bertz CT molecular complexity index is 1370. The van der Waals surface area contributed by atoms with Crippen molar-refractivity contribution in [3.63, 3.8) is 0 Å². The monoisotopic (exact) mass is 475 g/mol. The lowest BCUT2D eigenvalue weighted by Gasteiger charge is -2.09. The highest BCUT2D eigenvalue weighted by molar-refractivity contribution is 8.15. The summed E-state index contributed by atoms with van der Waals surface area (Å²) in [7, 11) is 1.92. The van der Waals surface area contributed by atoms with Crippen molar-refractivity contribution in [1.29, 1.82) is 0 Å². The van der Waals surface area contributed by atoms with Crippen LogP contribution in [0.3, 0.4) is 0 Å². The summed E-state index contributed by atoms with van der Waals surface area (Å²) < 4.78 is 13.8. The Hall–Kier alpha value is -3.98. The molecular weight excluding hydrogens is 454 g/mol. The number of benzene rings is 3. The molecule has 9 heteroatoms. The number of nitrogens with one attached hydrogen (secondary N) is 1. The first-order chi connectivity index (χ1) is 16.4. The van der Waals surface area contributed by atoms with Crippen LogP contribution in [-0.2, 0) is 24.9 Å². The number of rotatable bonds is 7. The SMILES string of the molecule is Cn1c(COc2ccc(CC3SC(=O)NC3=O)cc2)nc2ccc(Oc3ccc(O)cc3)cc21. The molecule has 172 valence electrons. The van der Waals surface area contributed by atoms with Crippen molar-refractivity contribution in [1.82, 2.24) is 14.9 Å². The van der Waals surface area contributed by atoms with Gasteiger partial charge in [0.15, 0.2) is 0 Å². The van der Waals surface area contributed by atoms with Crippen molar-refractivity contribution >= 4 is 33.9 Å². The van der Waals surface area contributed by atoms with Crippen molar-refractivity contribution in [3.8, 4) is 23.0 Å². The number of phenols is 1. The molecule has 5 rings (SSSR count). The molecule has 0 aliphatic carbocycles. The molecular formula is C25H21N3O5S. The zero-order valence-electron chi connectivity index (χ0n) is 18.2. The van der Waals surface area contributed by atoms with Crippen LogP contribution in [0.25, 0.3) is 11.0 Å². The molecule has 1 saturated heterocycles. The molecule has 3 aromatic carbocycles. The molecule has 1 atom stereocenters. The van der Waals surface area contributed by atoms with E-state index in [0.717, 1.165) is 34.2 Å². The van der Waals surface area contributed by atoms with Crippen molar-refractivity contribution < 1.29 is 24.2 Å². The molecule has 4 aromatic rings. The summed E-state index contributed by atoms with van der Waals surface area (Å²) in [5, 5.41) is 11.0. The molecule has 2 N–H and O–H groups in total. The van der Waals surface area contributed by atoms with Crippen molar-refractivity contribution in [2.24, 2.45) is 7.05 Å². The summed E-state index contributed by atoms with van der Waals surface area (Å²) in [5.41, 5.74) is 2.70. The number of amides is 2. The molecule has 1 aromatic heterocycles. The van der Waals surface area contributed by atoms with E-state index in [9.17, 15) is 14.7 Å². The van der Waals surface area contributed by atoms with Crippen LogP contribution in [0, 0.1) is 0 Å². The third kappa shape index (κ3) is 4.69. The Balaban J connectivity index is 1.24. The van der Waals surface area contributed by atoms with Gasteiger partial charge in [0.1, 0.15) is 35.4 Å². The third-order valence-corrected chi connectivity index (χ3v) is 6.48. The Labute approximate surface area is 199 Å². The summed E-state index contributed by atoms with van der Waals surface area (Å²) in [6, 6.07) is 19.7. The quantitative estimate of drug-likeness (QED) is 0.404. The number of carbonyl (C=O) groups is 2. The molecule has 8 nitrogen and oxygen atoms in total. The van der Waals surface area contributed by atoms with Crippen LogP contribution in [0.2, 0.25) is 0 Å². The zero-order chi connectivity index (χ0) is 23.7. The lowest BCUT2D eigenvalue weighted by Crippen LogP contribution is -2.25.